The van der Waals surface area contributed by atoms with Gasteiger partial charge in [-0.2, -0.15) is 0 Å². The lowest BCUT2D eigenvalue weighted by atomic mass is 9.97. The fraction of sp³-hybridized carbons (Fsp3) is 0.600. The van der Waals surface area contributed by atoms with Crippen molar-refractivity contribution in [3.8, 4) is 5.75 Å². The van der Waals surface area contributed by atoms with Crippen molar-refractivity contribution < 1.29 is 54.7 Å². The minimum Gasteiger partial charge on any atom is -0.460 e. The highest BCUT2D eigenvalue weighted by Gasteiger charge is 2.51. The van der Waals surface area contributed by atoms with E-state index in [9.17, 15) is 35.7 Å². The van der Waals surface area contributed by atoms with E-state index in [4.69, 9.17) is 30.5 Å². The first-order valence-corrected chi connectivity index (χ1v) is 11.5. The largest absolute Gasteiger partial charge is 0.460 e. The molecule has 0 spiro atoms. The summed E-state index contributed by atoms with van der Waals surface area (Å²) < 4.78 is 22.8. The van der Waals surface area contributed by atoms with Crippen molar-refractivity contribution in [1.82, 2.24) is 4.98 Å². The number of H-pyrrole nitrogens is 1. The first-order valence-electron chi connectivity index (χ1n) is 10.4. The van der Waals surface area contributed by atoms with Crippen molar-refractivity contribution in [3.05, 3.63) is 27.8 Å². The van der Waals surface area contributed by atoms with Gasteiger partial charge < -0.3 is 59.7 Å². The molecule has 2 aliphatic heterocycles. The van der Waals surface area contributed by atoms with Crippen LogP contribution in [0.25, 0.3) is 10.9 Å². The van der Waals surface area contributed by atoms with Gasteiger partial charge in [-0.05, 0) is 28.1 Å². The van der Waals surface area contributed by atoms with E-state index in [1.807, 2.05) is 0 Å². The van der Waals surface area contributed by atoms with Crippen LogP contribution in [0.3, 0.4) is 0 Å². The molecule has 4 rings (SSSR count). The van der Waals surface area contributed by atoms with Crippen LogP contribution in [0.4, 0.5) is 0 Å². The highest BCUT2D eigenvalue weighted by molar-refractivity contribution is 9.10. The Kier molecular flexibility index (Phi) is 8.03. The summed E-state index contributed by atoms with van der Waals surface area (Å²) in [7, 11) is 0. The Balaban J connectivity index is 1.52. The first-order chi connectivity index (χ1) is 16.2. The molecule has 0 aliphatic carbocycles. The second kappa shape index (κ2) is 10.5. The molecule has 34 heavy (non-hydrogen) atoms. The van der Waals surface area contributed by atoms with E-state index in [1.54, 1.807) is 12.1 Å². The zero-order valence-electron chi connectivity index (χ0n) is 17.4. The predicted octanol–water partition coefficient (Wildman–Crippen LogP) is -1.41. The number of fused-ring (bicyclic) bond motifs is 1. The lowest BCUT2D eigenvalue weighted by molar-refractivity contribution is -0.352. The fourth-order valence-corrected chi connectivity index (χ4v) is 4.59. The van der Waals surface area contributed by atoms with Crippen molar-refractivity contribution in [2.75, 3.05) is 13.2 Å². The number of hydrogen-bond acceptors (Lipinski definition) is 11. The zero-order valence-corrected chi connectivity index (χ0v) is 19.8. The highest BCUT2D eigenvalue weighted by Crippen LogP contribution is 2.38. The number of rotatable bonds is 6. The molecule has 3 heterocycles. The van der Waals surface area contributed by atoms with Crippen LogP contribution < -0.4 is 4.74 Å². The quantitative estimate of drug-likeness (QED) is 0.203. The van der Waals surface area contributed by atoms with Gasteiger partial charge in [0, 0.05) is 10.7 Å². The Bertz CT molecular complexity index is 991. The Labute approximate surface area is 206 Å². The number of aromatic nitrogens is 1. The summed E-state index contributed by atoms with van der Waals surface area (Å²) >= 11 is 9.68. The van der Waals surface area contributed by atoms with Gasteiger partial charge >= 0.3 is 0 Å². The maximum absolute atomic E-state index is 10.7. The molecule has 0 amide bonds. The molecule has 2 aliphatic rings. The lowest BCUT2D eigenvalue weighted by Gasteiger charge is -2.45. The average Bonchev–Trinajstić information content (AvgIpc) is 3.24. The third-order valence-electron chi connectivity index (χ3n) is 5.90. The summed E-state index contributed by atoms with van der Waals surface area (Å²) in [5.74, 6) is 0.225. The monoisotopic (exact) mass is 569 g/mol. The van der Waals surface area contributed by atoms with E-state index in [1.165, 1.54) is 6.20 Å². The van der Waals surface area contributed by atoms with Crippen molar-refractivity contribution in [2.24, 2.45) is 0 Å². The molecule has 0 saturated carbocycles. The van der Waals surface area contributed by atoms with Gasteiger partial charge in [0.15, 0.2) is 6.29 Å². The standard InChI is InChI=1S/C20H25BrClNO11/c21-6-1-2-7-11(12(6)22)8(3-23-7)31-19-17(30)15(28)18(10(5-25)33-19)34-20-16(29)14(27)13(26)9(4-24)32-20/h1-3,9-10,13-20,23-30H,4-5H2/t9-,10-,13-,14+,15-,16-,17-,18-,19-,20?/m1/s1. The Hall–Kier alpha value is -1.07. The molecule has 1 unspecified atom stereocenters. The van der Waals surface area contributed by atoms with Gasteiger partial charge in [-0.15, -0.1) is 0 Å². The van der Waals surface area contributed by atoms with Crippen molar-refractivity contribution in [2.45, 2.75) is 61.4 Å². The summed E-state index contributed by atoms with van der Waals surface area (Å²) in [5, 5.41) is 71.5. The number of halogens is 2. The molecular weight excluding hydrogens is 546 g/mol. The van der Waals surface area contributed by atoms with Crippen LogP contribution in [0.5, 0.6) is 5.75 Å². The molecule has 14 heteroatoms. The number of aliphatic hydroxyl groups is 7. The SMILES string of the molecule is OC[C@H]1OC(O[C@H]2[C@H](O)[C@@H](O)[C@H](Oc3c[nH]c4ccc(Br)c(Cl)c34)O[C@@H]2CO)[C@H](O)[C@@H](O)[C@@H]1O. The smallest absolute Gasteiger partial charge is 0.229 e. The molecule has 2 saturated heterocycles. The molecule has 0 bridgehead atoms. The molecule has 1 aromatic heterocycles. The first kappa shape index (κ1) is 26.0. The molecule has 0 radical (unpaired) electrons. The number of nitrogens with one attached hydrogen (secondary N) is 1. The van der Waals surface area contributed by atoms with Crippen molar-refractivity contribution >= 4 is 38.4 Å². The van der Waals surface area contributed by atoms with Gasteiger partial charge in [-0.1, -0.05) is 11.6 Å². The lowest BCUT2D eigenvalue weighted by Crippen LogP contribution is -2.65. The van der Waals surface area contributed by atoms with E-state index < -0.39 is 74.6 Å². The second-order valence-corrected chi connectivity index (χ2v) is 9.29. The van der Waals surface area contributed by atoms with Crippen LogP contribution >= 0.6 is 27.5 Å². The van der Waals surface area contributed by atoms with E-state index in [2.05, 4.69) is 20.9 Å². The Morgan fingerprint density at radius 2 is 1.53 bits per heavy atom. The molecule has 2 fully saturated rings. The molecule has 8 N–H and O–H groups in total. The molecule has 190 valence electrons. The normalized spacial score (nSPS) is 38.9. The summed E-state index contributed by atoms with van der Waals surface area (Å²) in [6, 6.07) is 3.50. The maximum Gasteiger partial charge on any atom is 0.229 e. The van der Waals surface area contributed by atoms with Crippen molar-refractivity contribution in [3.63, 3.8) is 0 Å². The van der Waals surface area contributed by atoms with E-state index in [-0.39, 0.29) is 5.75 Å². The Morgan fingerprint density at radius 1 is 0.882 bits per heavy atom. The molecule has 1 aromatic carbocycles. The average molecular weight is 571 g/mol. The van der Waals surface area contributed by atoms with Crippen LogP contribution in [0.15, 0.2) is 22.8 Å². The summed E-state index contributed by atoms with van der Waals surface area (Å²) in [6.07, 6.45) is -13.9. The van der Waals surface area contributed by atoms with Crippen LogP contribution in [0, 0.1) is 0 Å². The third kappa shape index (κ3) is 4.68. The number of aromatic amines is 1. The topological polar surface area (TPSA) is 194 Å². The van der Waals surface area contributed by atoms with Crippen LogP contribution in [0.2, 0.25) is 5.02 Å². The molecule has 12 nitrogen and oxygen atoms in total. The fourth-order valence-electron chi connectivity index (χ4n) is 4.00. The molecule has 2 aromatic rings. The zero-order chi connectivity index (χ0) is 24.7. The summed E-state index contributed by atoms with van der Waals surface area (Å²) in [4.78, 5) is 2.97. The van der Waals surface area contributed by atoms with Gasteiger partial charge in [-0.25, -0.2) is 0 Å². The number of aliphatic hydroxyl groups excluding tert-OH is 7. The predicted molar refractivity (Wildman–Crippen MR) is 118 cm³/mol. The van der Waals surface area contributed by atoms with Gasteiger partial charge in [-0.3, -0.25) is 0 Å². The van der Waals surface area contributed by atoms with Gasteiger partial charge in [0.2, 0.25) is 6.29 Å². The minimum absolute atomic E-state index is 0.225. The minimum atomic E-state index is -1.75. The van der Waals surface area contributed by atoms with Crippen LogP contribution in [0.1, 0.15) is 0 Å². The summed E-state index contributed by atoms with van der Waals surface area (Å²) in [5.41, 5.74) is 0.650. The molecule has 10 atom stereocenters. The number of benzene rings is 1. The van der Waals surface area contributed by atoms with E-state index in [0.29, 0.717) is 20.4 Å². The third-order valence-corrected chi connectivity index (χ3v) is 7.19. The van der Waals surface area contributed by atoms with E-state index >= 15 is 0 Å². The Morgan fingerprint density at radius 3 is 2.21 bits per heavy atom. The van der Waals surface area contributed by atoms with Crippen molar-refractivity contribution in [1.29, 1.82) is 0 Å². The van der Waals surface area contributed by atoms with Crippen LogP contribution in [-0.2, 0) is 14.2 Å². The van der Waals surface area contributed by atoms with Gasteiger partial charge in [0.1, 0.15) is 54.6 Å². The van der Waals surface area contributed by atoms with E-state index in [0.717, 1.165) is 0 Å². The number of hydrogen-bond donors (Lipinski definition) is 8. The maximum atomic E-state index is 10.7. The highest BCUT2D eigenvalue weighted by atomic mass is 79.9. The van der Waals surface area contributed by atoms with Crippen LogP contribution in [-0.4, -0.2) is 115 Å². The molecular formula is C20H25BrClNO11. The second-order valence-electron chi connectivity index (χ2n) is 8.06. The summed E-state index contributed by atoms with van der Waals surface area (Å²) in [6.45, 7) is -1.36. The van der Waals surface area contributed by atoms with Gasteiger partial charge in [0.05, 0.1) is 29.1 Å². The van der Waals surface area contributed by atoms with Gasteiger partial charge in [0.25, 0.3) is 0 Å². The number of ether oxygens (including phenoxy) is 4.